The van der Waals surface area contributed by atoms with Gasteiger partial charge >= 0.3 is 29.6 Å². The summed E-state index contributed by atoms with van der Waals surface area (Å²) < 4.78 is 26.0. The molecule has 0 bridgehead atoms. The molecule has 0 aromatic heterocycles. The maximum atomic E-state index is 11.8. The van der Waals surface area contributed by atoms with E-state index in [9.17, 15) is 23.1 Å². The van der Waals surface area contributed by atoms with Gasteiger partial charge in [0.2, 0.25) is 0 Å². The zero-order valence-electron chi connectivity index (χ0n) is 10.9. The second-order valence-corrected chi connectivity index (χ2v) is 8.17. The summed E-state index contributed by atoms with van der Waals surface area (Å²) in [6.07, 6.45) is -0.280. The minimum atomic E-state index is -3.75. The molecule has 2 aliphatic heterocycles. The second kappa shape index (κ2) is 5.19. The number of amides is 1. The van der Waals surface area contributed by atoms with E-state index in [1.807, 2.05) is 0 Å². The van der Waals surface area contributed by atoms with E-state index in [4.69, 9.17) is 0 Å². The maximum absolute atomic E-state index is 11.8. The minimum absolute atomic E-state index is 0. The summed E-state index contributed by atoms with van der Waals surface area (Å²) in [4.78, 5) is 23.9. The Morgan fingerprint density at radius 1 is 1.47 bits per heavy atom. The van der Waals surface area contributed by atoms with Gasteiger partial charge in [-0.05, 0) is 13.8 Å². The predicted octanol–water partition coefficient (Wildman–Crippen LogP) is -4.85. The standard InChI is InChI=1S/C9H13NO6S2.Na/c1-9(2)5(8(12)13)10-6(11)4(7(10)17-9)16-18(3,14)15;/h4-5,7H,1-3H3,(H,12,13);/q;+1/p-1/t4-,5+,7-;/m1./s1. The van der Waals surface area contributed by atoms with Crippen molar-refractivity contribution in [1.29, 1.82) is 0 Å². The van der Waals surface area contributed by atoms with Gasteiger partial charge in [0.05, 0.1) is 18.3 Å². The van der Waals surface area contributed by atoms with Gasteiger partial charge in [0.25, 0.3) is 16.0 Å². The van der Waals surface area contributed by atoms with Crippen LogP contribution in [0.15, 0.2) is 0 Å². The molecule has 0 unspecified atom stereocenters. The molecular weight excluding hydrogens is 305 g/mol. The monoisotopic (exact) mass is 317 g/mol. The summed E-state index contributed by atoms with van der Waals surface area (Å²) >= 11 is 1.20. The average Bonchev–Trinajstić information content (AvgIpc) is 2.42. The molecule has 2 fully saturated rings. The first-order valence-corrected chi connectivity index (χ1v) is 7.83. The number of hydrogen-bond acceptors (Lipinski definition) is 7. The Morgan fingerprint density at radius 2 is 2.00 bits per heavy atom. The van der Waals surface area contributed by atoms with Crippen molar-refractivity contribution < 1.29 is 56.9 Å². The minimum Gasteiger partial charge on any atom is -0.548 e. The van der Waals surface area contributed by atoms with E-state index < -0.39 is 44.3 Å². The molecular formula is C9H12NNaO6S2. The summed E-state index contributed by atoms with van der Waals surface area (Å²) in [5.41, 5.74) is 0. The number of aliphatic carboxylic acids is 1. The van der Waals surface area contributed by atoms with Crippen LogP contribution in [0, 0.1) is 0 Å². The smallest absolute Gasteiger partial charge is 0.548 e. The summed E-state index contributed by atoms with van der Waals surface area (Å²) in [6.45, 7) is 3.34. The Morgan fingerprint density at radius 3 is 2.42 bits per heavy atom. The first-order valence-electron chi connectivity index (χ1n) is 5.14. The van der Waals surface area contributed by atoms with E-state index in [2.05, 4.69) is 4.18 Å². The summed E-state index contributed by atoms with van der Waals surface area (Å²) in [7, 11) is -3.75. The van der Waals surface area contributed by atoms with Gasteiger partial charge in [-0.15, -0.1) is 11.8 Å². The number of fused-ring (bicyclic) bond motifs is 1. The second-order valence-electron chi connectivity index (χ2n) is 4.80. The van der Waals surface area contributed by atoms with Crippen LogP contribution in [0.5, 0.6) is 0 Å². The van der Waals surface area contributed by atoms with Crippen molar-refractivity contribution in [3.8, 4) is 0 Å². The number of carbonyl (C=O) groups is 2. The first kappa shape index (κ1) is 17.3. The van der Waals surface area contributed by atoms with Crippen molar-refractivity contribution in [1.82, 2.24) is 4.90 Å². The van der Waals surface area contributed by atoms with E-state index in [0.717, 1.165) is 11.2 Å². The van der Waals surface area contributed by atoms with Crippen LogP contribution in [0.2, 0.25) is 0 Å². The Hall–Kier alpha value is 0.200. The largest absolute Gasteiger partial charge is 1.00 e. The van der Waals surface area contributed by atoms with Crippen molar-refractivity contribution >= 4 is 33.8 Å². The molecule has 7 nitrogen and oxygen atoms in total. The third-order valence-corrected chi connectivity index (χ3v) is 5.00. The molecule has 0 spiro atoms. The van der Waals surface area contributed by atoms with Crippen molar-refractivity contribution in [3.63, 3.8) is 0 Å². The van der Waals surface area contributed by atoms with Gasteiger partial charge in [-0.3, -0.25) is 8.98 Å². The molecule has 0 radical (unpaired) electrons. The normalized spacial score (nSPS) is 32.3. The van der Waals surface area contributed by atoms with Gasteiger partial charge in [0.15, 0.2) is 6.10 Å². The molecule has 1 amide bonds. The van der Waals surface area contributed by atoms with E-state index >= 15 is 0 Å². The number of carboxylic acid groups (broad SMARTS) is 1. The number of β-lactam (4-membered cyclic amide) rings is 1. The van der Waals surface area contributed by atoms with Gasteiger partial charge in [0.1, 0.15) is 5.37 Å². The Labute approximate surface area is 137 Å². The number of carbonyl (C=O) groups excluding carboxylic acids is 2. The van der Waals surface area contributed by atoms with E-state index in [1.165, 1.54) is 11.8 Å². The molecule has 102 valence electrons. The van der Waals surface area contributed by atoms with Crippen LogP contribution in [0.25, 0.3) is 0 Å². The maximum Gasteiger partial charge on any atom is 1.00 e. The third kappa shape index (κ3) is 2.96. The van der Waals surface area contributed by atoms with Crippen LogP contribution in [0.3, 0.4) is 0 Å². The molecule has 0 aliphatic carbocycles. The molecule has 3 atom stereocenters. The average molecular weight is 317 g/mol. The van der Waals surface area contributed by atoms with Crippen molar-refractivity contribution in [2.45, 2.75) is 36.1 Å². The van der Waals surface area contributed by atoms with E-state index in [-0.39, 0.29) is 29.6 Å². The fourth-order valence-corrected chi connectivity index (χ4v) is 4.47. The van der Waals surface area contributed by atoms with Crippen LogP contribution >= 0.6 is 11.8 Å². The number of carboxylic acids is 1. The fraction of sp³-hybridized carbons (Fsp3) is 0.778. The Balaban J connectivity index is 0.00000180. The Kier molecular flexibility index (Phi) is 4.72. The molecule has 2 rings (SSSR count). The number of hydrogen-bond donors (Lipinski definition) is 0. The fourth-order valence-electron chi connectivity index (χ4n) is 2.24. The summed E-state index contributed by atoms with van der Waals surface area (Å²) in [6, 6.07) is -1.07. The molecule has 0 N–H and O–H groups in total. The summed E-state index contributed by atoms with van der Waals surface area (Å²) in [5, 5.41) is 10.5. The van der Waals surface area contributed by atoms with Crippen LogP contribution in [-0.2, 0) is 23.9 Å². The van der Waals surface area contributed by atoms with E-state index in [0.29, 0.717) is 0 Å². The molecule has 0 aromatic carbocycles. The van der Waals surface area contributed by atoms with Gasteiger partial charge in [-0.25, -0.2) is 0 Å². The molecule has 2 heterocycles. The van der Waals surface area contributed by atoms with Crippen molar-refractivity contribution in [2.24, 2.45) is 0 Å². The van der Waals surface area contributed by atoms with Crippen molar-refractivity contribution in [3.05, 3.63) is 0 Å². The predicted molar refractivity (Wildman–Crippen MR) is 60.8 cm³/mol. The van der Waals surface area contributed by atoms with Gasteiger partial charge in [0, 0.05) is 4.75 Å². The van der Waals surface area contributed by atoms with E-state index in [1.54, 1.807) is 13.8 Å². The number of rotatable bonds is 3. The zero-order valence-corrected chi connectivity index (χ0v) is 14.6. The van der Waals surface area contributed by atoms with Crippen LogP contribution in [0.1, 0.15) is 13.8 Å². The van der Waals surface area contributed by atoms with Gasteiger partial charge < -0.3 is 14.8 Å². The SMILES string of the molecule is CC1(C)S[C@@H]2[C@H](OS(C)(=O)=O)C(=O)N2[C@H]1C(=O)[O-].[Na+]. The number of thioether (sulfide) groups is 1. The topological polar surface area (TPSA) is 104 Å². The zero-order chi connectivity index (χ0) is 13.9. The third-order valence-electron chi connectivity index (χ3n) is 2.89. The summed E-state index contributed by atoms with van der Waals surface area (Å²) in [5.74, 6) is -1.97. The molecule has 10 heteroatoms. The van der Waals surface area contributed by atoms with Crippen LogP contribution in [-0.4, -0.2) is 53.7 Å². The molecule has 0 aromatic rings. The number of nitrogens with zero attached hydrogens (tertiary/aromatic N) is 1. The van der Waals surface area contributed by atoms with Crippen LogP contribution in [0.4, 0.5) is 0 Å². The Bertz CT molecular complexity index is 519. The molecule has 2 saturated heterocycles. The molecule has 0 saturated carbocycles. The van der Waals surface area contributed by atoms with Gasteiger partial charge in [-0.1, -0.05) is 0 Å². The molecule has 2 aliphatic rings. The molecule has 19 heavy (non-hydrogen) atoms. The quantitative estimate of drug-likeness (QED) is 0.292. The van der Waals surface area contributed by atoms with Crippen LogP contribution < -0.4 is 34.7 Å². The van der Waals surface area contributed by atoms with Gasteiger partial charge in [-0.2, -0.15) is 8.42 Å². The van der Waals surface area contributed by atoms with Crippen molar-refractivity contribution in [2.75, 3.05) is 6.26 Å². The first-order chi connectivity index (χ1) is 8.04.